The van der Waals surface area contributed by atoms with E-state index in [4.69, 9.17) is 15.2 Å². The molecule has 3 heteroatoms. The van der Waals surface area contributed by atoms with E-state index in [1.54, 1.807) is 0 Å². The molecule has 0 aromatic heterocycles. The van der Waals surface area contributed by atoms with Crippen LogP contribution in [0.5, 0.6) is 17.2 Å². The lowest BCUT2D eigenvalue weighted by Gasteiger charge is -2.14. The smallest absolute Gasteiger partial charge is 0.145 e. The number of nitrogens with two attached hydrogens (primary N) is 1. The molecule has 0 spiro atoms. The summed E-state index contributed by atoms with van der Waals surface area (Å²) < 4.78 is 11.5. The molecular formula is C18H23NO2. The predicted octanol–water partition coefficient (Wildman–Crippen LogP) is 4.89. The van der Waals surface area contributed by atoms with E-state index in [1.165, 1.54) is 5.56 Å². The van der Waals surface area contributed by atoms with Gasteiger partial charge in [0.2, 0.25) is 0 Å². The van der Waals surface area contributed by atoms with Crippen LogP contribution < -0.4 is 15.2 Å². The number of nitrogen functional groups attached to an aromatic ring is 1. The highest BCUT2D eigenvalue weighted by Crippen LogP contribution is 2.32. The third kappa shape index (κ3) is 3.69. The fourth-order valence-electron chi connectivity index (χ4n) is 2.07. The first kappa shape index (κ1) is 15.2. The molecule has 0 aliphatic rings. The first-order valence-electron chi connectivity index (χ1n) is 7.32. The van der Waals surface area contributed by atoms with Gasteiger partial charge in [-0.05, 0) is 49.1 Å². The van der Waals surface area contributed by atoms with Crippen LogP contribution in [-0.2, 0) is 0 Å². The van der Waals surface area contributed by atoms with Gasteiger partial charge in [0.25, 0.3) is 0 Å². The van der Waals surface area contributed by atoms with Gasteiger partial charge in [0, 0.05) is 6.07 Å². The monoisotopic (exact) mass is 285 g/mol. The topological polar surface area (TPSA) is 44.5 Å². The fraction of sp³-hybridized carbons (Fsp3) is 0.333. The molecule has 0 aliphatic heterocycles. The van der Waals surface area contributed by atoms with E-state index in [1.807, 2.05) is 32.0 Å². The molecule has 3 nitrogen and oxygen atoms in total. The summed E-state index contributed by atoms with van der Waals surface area (Å²) in [5.74, 6) is 2.73. The maximum Gasteiger partial charge on any atom is 0.145 e. The zero-order chi connectivity index (χ0) is 15.4. The highest BCUT2D eigenvalue weighted by Gasteiger charge is 2.08. The van der Waals surface area contributed by atoms with E-state index < -0.39 is 0 Å². The van der Waals surface area contributed by atoms with Gasteiger partial charge in [-0.2, -0.15) is 0 Å². The summed E-state index contributed by atoms with van der Waals surface area (Å²) in [6.45, 7) is 8.90. The van der Waals surface area contributed by atoms with Gasteiger partial charge in [-0.15, -0.1) is 0 Å². The summed E-state index contributed by atoms with van der Waals surface area (Å²) in [5, 5.41) is 0. The Labute approximate surface area is 126 Å². The van der Waals surface area contributed by atoms with Gasteiger partial charge in [-0.1, -0.05) is 26.0 Å². The Bertz CT molecular complexity index is 621. The molecule has 0 saturated heterocycles. The minimum absolute atomic E-state index is 0.471. The summed E-state index contributed by atoms with van der Waals surface area (Å²) in [7, 11) is 0. The molecule has 0 bridgehead atoms. The molecule has 0 unspecified atom stereocenters. The van der Waals surface area contributed by atoms with Crippen LogP contribution in [0.4, 0.5) is 5.69 Å². The molecule has 0 fully saturated rings. The molecule has 2 N–H and O–H groups in total. The fourth-order valence-corrected chi connectivity index (χ4v) is 2.07. The third-order valence-corrected chi connectivity index (χ3v) is 3.39. The van der Waals surface area contributed by atoms with E-state index in [2.05, 4.69) is 32.0 Å². The molecule has 0 atom stereocenters. The second-order valence-corrected chi connectivity index (χ2v) is 5.41. The van der Waals surface area contributed by atoms with Gasteiger partial charge in [-0.25, -0.2) is 0 Å². The average Bonchev–Trinajstić information content (AvgIpc) is 2.45. The van der Waals surface area contributed by atoms with Crippen LogP contribution in [0.2, 0.25) is 0 Å². The molecule has 2 rings (SSSR count). The lowest BCUT2D eigenvalue weighted by molar-refractivity contribution is 0.340. The van der Waals surface area contributed by atoms with Crippen LogP contribution in [-0.4, -0.2) is 6.61 Å². The Morgan fingerprint density at radius 3 is 2.48 bits per heavy atom. The summed E-state index contributed by atoms with van der Waals surface area (Å²) in [4.78, 5) is 0. The van der Waals surface area contributed by atoms with Crippen LogP contribution in [0, 0.1) is 6.92 Å². The number of ether oxygens (including phenoxy) is 2. The summed E-state index contributed by atoms with van der Waals surface area (Å²) in [6, 6.07) is 11.8. The molecule has 0 heterocycles. The maximum atomic E-state index is 6.01. The Morgan fingerprint density at radius 1 is 1.05 bits per heavy atom. The quantitative estimate of drug-likeness (QED) is 0.795. The van der Waals surface area contributed by atoms with Crippen molar-refractivity contribution in [3.05, 3.63) is 47.5 Å². The molecular weight excluding hydrogens is 262 g/mol. The zero-order valence-electron chi connectivity index (χ0n) is 13.1. The van der Waals surface area contributed by atoms with Gasteiger partial charge in [0.05, 0.1) is 12.3 Å². The molecule has 21 heavy (non-hydrogen) atoms. The molecule has 0 amide bonds. The summed E-state index contributed by atoms with van der Waals surface area (Å²) in [5.41, 5.74) is 8.87. The Kier molecular flexibility index (Phi) is 4.73. The highest BCUT2D eigenvalue weighted by atomic mass is 16.5. The standard InChI is InChI=1S/C18H23NO2/c1-5-20-18-11-15(8-9-16(18)19)21-17-10-14(12(2)3)7-6-13(17)4/h6-12H,5,19H2,1-4H3. The molecule has 0 aliphatic carbocycles. The SMILES string of the molecule is CCOc1cc(Oc2cc(C(C)C)ccc2C)ccc1N. The van der Waals surface area contributed by atoms with Gasteiger partial charge >= 0.3 is 0 Å². The van der Waals surface area contributed by atoms with Crippen molar-refractivity contribution in [1.29, 1.82) is 0 Å². The minimum Gasteiger partial charge on any atom is -0.492 e. The highest BCUT2D eigenvalue weighted by molar-refractivity contribution is 5.56. The Morgan fingerprint density at radius 2 is 1.81 bits per heavy atom. The number of aryl methyl sites for hydroxylation is 1. The van der Waals surface area contributed by atoms with Gasteiger partial charge < -0.3 is 15.2 Å². The van der Waals surface area contributed by atoms with Crippen LogP contribution in [0.25, 0.3) is 0 Å². The van der Waals surface area contributed by atoms with E-state index in [9.17, 15) is 0 Å². The molecule has 2 aromatic rings. The van der Waals surface area contributed by atoms with Crippen molar-refractivity contribution in [1.82, 2.24) is 0 Å². The van der Waals surface area contributed by atoms with Crippen LogP contribution in [0.15, 0.2) is 36.4 Å². The van der Waals surface area contributed by atoms with Crippen molar-refractivity contribution in [3.63, 3.8) is 0 Å². The van der Waals surface area contributed by atoms with E-state index >= 15 is 0 Å². The number of benzene rings is 2. The molecule has 2 aromatic carbocycles. The average molecular weight is 285 g/mol. The van der Waals surface area contributed by atoms with E-state index in [0.717, 1.165) is 17.1 Å². The van der Waals surface area contributed by atoms with Crippen molar-refractivity contribution < 1.29 is 9.47 Å². The van der Waals surface area contributed by atoms with Crippen molar-refractivity contribution in [2.75, 3.05) is 12.3 Å². The molecule has 0 radical (unpaired) electrons. The maximum absolute atomic E-state index is 6.01. The van der Waals surface area contributed by atoms with Crippen LogP contribution in [0.1, 0.15) is 37.8 Å². The predicted molar refractivity (Wildman–Crippen MR) is 87.4 cm³/mol. The normalized spacial score (nSPS) is 10.7. The minimum atomic E-state index is 0.471. The lowest BCUT2D eigenvalue weighted by Crippen LogP contribution is -1.98. The largest absolute Gasteiger partial charge is 0.492 e. The van der Waals surface area contributed by atoms with Crippen molar-refractivity contribution in [3.8, 4) is 17.2 Å². The Balaban J connectivity index is 2.29. The number of rotatable bonds is 5. The van der Waals surface area contributed by atoms with Crippen LogP contribution in [0.3, 0.4) is 0 Å². The van der Waals surface area contributed by atoms with Crippen molar-refractivity contribution >= 4 is 5.69 Å². The first-order chi connectivity index (χ1) is 10.0. The van der Waals surface area contributed by atoms with E-state index in [-0.39, 0.29) is 0 Å². The molecule has 112 valence electrons. The zero-order valence-corrected chi connectivity index (χ0v) is 13.1. The van der Waals surface area contributed by atoms with E-state index in [0.29, 0.717) is 24.0 Å². The van der Waals surface area contributed by atoms with Crippen LogP contribution >= 0.6 is 0 Å². The summed E-state index contributed by atoms with van der Waals surface area (Å²) >= 11 is 0. The second kappa shape index (κ2) is 6.53. The number of hydrogen-bond donors (Lipinski definition) is 1. The first-order valence-corrected chi connectivity index (χ1v) is 7.32. The van der Waals surface area contributed by atoms with Gasteiger partial charge in [0.1, 0.15) is 17.2 Å². The Hall–Kier alpha value is -2.16. The van der Waals surface area contributed by atoms with Gasteiger partial charge in [0.15, 0.2) is 0 Å². The van der Waals surface area contributed by atoms with Crippen molar-refractivity contribution in [2.45, 2.75) is 33.6 Å². The number of hydrogen-bond acceptors (Lipinski definition) is 3. The lowest BCUT2D eigenvalue weighted by atomic mass is 10.0. The third-order valence-electron chi connectivity index (χ3n) is 3.39. The second-order valence-electron chi connectivity index (χ2n) is 5.41. The van der Waals surface area contributed by atoms with Crippen molar-refractivity contribution in [2.24, 2.45) is 0 Å². The molecule has 0 saturated carbocycles. The van der Waals surface area contributed by atoms with Gasteiger partial charge in [-0.3, -0.25) is 0 Å². The number of anilines is 1. The summed E-state index contributed by atoms with van der Waals surface area (Å²) in [6.07, 6.45) is 0.